The van der Waals surface area contributed by atoms with E-state index in [9.17, 15) is 8.42 Å². The average molecular weight is 294 g/mol. The Morgan fingerprint density at radius 2 is 2.20 bits per heavy atom. The number of benzene rings is 1. The Kier molecular flexibility index (Phi) is 2.67. The number of nitrogens with zero attached hydrogens (tertiary/aromatic N) is 5. The van der Waals surface area contributed by atoms with Crippen molar-refractivity contribution in [1.82, 2.24) is 25.2 Å². The minimum absolute atomic E-state index is 0.0780. The fraction of sp³-hybridized carbons (Fsp3) is 0.200. The predicted octanol–water partition coefficient (Wildman–Crippen LogP) is -0.0926. The van der Waals surface area contributed by atoms with E-state index in [1.165, 1.54) is 4.80 Å². The van der Waals surface area contributed by atoms with Gasteiger partial charge < -0.3 is 10.2 Å². The van der Waals surface area contributed by atoms with Crippen molar-refractivity contribution < 1.29 is 12.8 Å². The number of oxazole rings is 1. The lowest BCUT2D eigenvalue weighted by molar-refractivity contribution is 0.457. The highest BCUT2D eigenvalue weighted by atomic mass is 32.2. The molecule has 0 atom stereocenters. The molecule has 3 aromatic rings. The molecule has 0 amide bonds. The molecule has 1 aromatic carbocycles. The molecule has 0 saturated carbocycles. The van der Waals surface area contributed by atoms with Gasteiger partial charge in [-0.15, -0.1) is 10.2 Å². The third-order valence-electron chi connectivity index (χ3n) is 2.53. The highest BCUT2D eigenvalue weighted by Crippen LogP contribution is 2.22. The number of sulfone groups is 1. The molecular formula is C10H10N6O3S. The normalized spacial score (nSPS) is 12.1. The van der Waals surface area contributed by atoms with Crippen molar-refractivity contribution in [3.05, 3.63) is 24.0 Å². The van der Waals surface area contributed by atoms with Crippen molar-refractivity contribution >= 4 is 26.6 Å². The Bertz CT molecular complexity index is 881. The lowest BCUT2D eigenvalue weighted by atomic mass is 10.3. The van der Waals surface area contributed by atoms with Crippen LogP contribution in [0.3, 0.4) is 0 Å². The minimum Gasteiger partial charge on any atom is -0.428 e. The lowest BCUT2D eigenvalue weighted by Crippen LogP contribution is -2.07. The predicted molar refractivity (Wildman–Crippen MR) is 68.1 cm³/mol. The zero-order valence-corrected chi connectivity index (χ0v) is 11.2. The molecule has 20 heavy (non-hydrogen) atoms. The molecule has 2 aromatic heterocycles. The van der Waals surface area contributed by atoms with E-state index < -0.39 is 15.6 Å². The van der Waals surface area contributed by atoms with Crippen LogP contribution in [0, 0.1) is 0 Å². The third kappa shape index (κ3) is 2.20. The molecule has 104 valence electrons. The Hall–Kier alpha value is -2.49. The summed E-state index contributed by atoms with van der Waals surface area (Å²) < 4.78 is 29.6. The summed E-state index contributed by atoms with van der Waals surface area (Å²) in [6, 6.07) is 4.71. The van der Waals surface area contributed by atoms with Crippen LogP contribution in [-0.4, -0.2) is 33.6 Å². The number of aryl methyl sites for hydroxylation is 1. The van der Waals surface area contributed by atoms with Crippen LogP contribution in [0.1, 0.15) is 5.82 Å². The van der Waals surface area contributed by atoms with Crippen LogP contribution in [0.15, 0.2) is 27.8 Å². The van der Waals surface area contributed by atoms with Crippen LogP contribution in [-0.2, 0) is 22.6 Å². The maximum atomic E-state index is 12.2. The second kappa shape index (κ2) is 4.27. The number of rotatable bonds is 3. The van der Waals surface area contributed by atoms with Gasteiger partial charge >= 0.3 is 5.22 Å². The summed E-state index contributed by atoms with van der Waals surface area (Å²) in [7, 11) is -2.22. The van der Waals surface area contributed by atoms with Crippen molar-refractivity contribution in [3.8, 4) is 0 Å². The first-order chi connectivity index (χ1) is 9.44. The largest absolute Gasteiger partial charge is 0.428 e. The van der Waals surface area contributed by atoms with Crippen LogP contribution in [0.5, 0.6) is 0 Å². The van der Waals surface area contributed by atoms with Gasteiger partial charge in [-0.1, -0.05) is 0 Å². The molecule has 0 saturated heterocycles. The molecule has 0 aliphatic carbocycles. The van der Waals surface area contributed by atoms with E-state index >= 15 is 0 Å². The van der Waals surface area contributed by atoms with Gasteiger partial charge in [0.2, 0.25) is 9.84 Å². The summed E-state index contributed by atoms with van der Waals surface area (Å²) >= 11 is 0. The molecule has 0 radical (unpaired) electrons. The second-order valence-corrected chi connectivity index (χ2v) is 6.03. The smallest absolute Gasteiger partial charge is 0.316 e. The molecule has 3 rings (SSSR count). The Morgan fingerprint density at radius 1 is 1.40 bits per heavy atom. The molecule has 0 fully saturated rings. The zero-order chi connectivity index (χ0) is 14.3. The summed E-state index contributed by atoms with van der Waals surface area (Å²) in [4.78, 5) is 5.11. The lowest BCUT2D eigenvalue weighted by Gasteiger charge is -1.94. The maximum absolute atomic E-state index is 12.2. The second-order valence-electron chi connectivity index (χ2n) is 4.16. The van der Waals surface area contributed by atoms with Gasteiger partial charge in [-0.05, 0) is 23.4 Å². The van der Waals surface area contributed by atoms with E-state index in [0.717, 1.165) is 0 Å². The monoisotopic (exact) mass is 294 g/mol. The number of fused-ring (bicyclic) bond motifs is 1. The van der Waals surface area contributed by atoms with Gasteiger partial charge in [0.05, 0.1) is 7.05 Å². The van der Waals surface area contributed by atoms with Gasteiger partial charge in [-0.25, -0.2) is 8.42 Å². The SMILES string of the molecule is Cn1nnc(CS(=O)(=O)c2nc3cc(N)ccc3o2)n1. The number of nitrogens with two attached hydrogens (primary N) is 1. The van der Waals surface area contributed by atoms with E-state index in [4.69, 9.17) is 10.2 Å². The van der Waals surface area contributed by atoms with Gasteiger partial charge in [0.1, 0.15) is 11.3 Å². The Morgan fingerprint density at radius 3 is 2.90 bits per heavy atom. The summed E-state index contributed by atoms with van der Waals surface area (Å²) in [5, 5.41) is 10.6. The van der Waals surface area contributed by atoms with Gasteiger partial charge in [-0.2, -0.15) is 9.78 Å². The molecule has 0 bridgehead atoms. The number of anilines is 1. The number of tetrazole rings is 1. The highest BCUT2D eigenvalue weighted by Gasteiger charge is 2.24. The van der Waals surface area contributed by atoms with Gasteiger partial charge in [0, 0.05) is 5.69 Å². The molecule has 0 aliphatic heterocycles. The Labute approximate surface area is 113 Å². The van der Waals surface area contributed by atoms with Crippen LogP contribution in [0.2, 0.25) is 0 Å². The molecule has 2 N–H and O–H groups in total. The first-order valence-electron chi connectivity index (χ1n) is 5.56. The van der Waals surface area contributed by atoms with Gasteiger partial charge in [-0.3, -0.25) is 0 Å². The molecule has 0 spiro atoms. The van der Waals surface area contributed by atoms with Gasteiger partial charge in [0.25, 0.3) is 0 Å². The summed E-state index contributed by atoms with van der Waals surface area (Å²) in [6.07, 6.45) is 0. The van der Waals surface area contributed by atoms with E-state index in [1.807, 2.05) is 0 Å². The Balaban J connectivity index is 2.00. The topological polar surface area (TPSA) is 130 Å². The first-order valence-corrected chi connectivity index (χ1v) is 7.21. The standard InChI is InChI=1S/C10H10N6O3S/c1-16-14-9(13-15-16)5-20(17,18)10-12-7-4-6(11)2-3-8(7)19-10/h2-4H,5,11H2,1H3. The number of nitrogen functional groups attached to an aromatic ring is 1. The summed E-state index contributed by atoms with van der Waals surface area (Å²) in [5.74, 6) is -0.349. The van der Waals surface area contributed by atoms with E-state index in [-0.39, 0.29) is 11.0 Å². The highest BCUT2D eigenvalue weighted by molar-refractivity contribution is 7.90. The minimum atomic E-state index is -3.77. The molecule has 0 aliphatic rings. The van der Waals surface area contributed by atoms with E-state index in [0.29, 0.717) is 16.8 Å². The average Bonchev–Trinajstić information content (AvgIpc) is 2.95. The van der Waals surface area contributed by atoms with Crippen LogP contribution in [0.4, 0.5) is 5.69 Å². The number of hydrogen-bond donors (Lipinski definition) is 1. The number of hydrogen-bond acceptors (Lipinski definition) is 8. The van der Waals surface area contributed by atoms with Crippen molar-refractivity contribution in [1.29, 1.82) is 0 Å². The fourth-order valence-corrected chi connectivity index (χ4v) is 2.70. The van der Waals surface area contributed by atoms with Crippen LogP contribution < -0.4 is 5.73 Å². The maximum Gasteiger partial charge on any atom is 0.316 e. The van der Waals surface area contributed by atoms with Crippen molar-refractivity contribution in [2.24, 2.45) is 7.05 Å². The van der Waals surface area contributed by atoms with Crippen molar-refractivity contribution in [3.63, 3.8) is 0 Å². The third-order valence-corrected chi connectivity index (χ3v) is 3.87. The number of aromatic nitrogens is 5. The summed E-state index contributed by atoms with van der Waals surface area (Å²) in [6.45, 7) is 0. The molecule has 0 unspecified atom stereocenters. The van der Waals surface area contributed by atoms with Crippen molar-refractivity contribution in [2.45, 2.75) is 11.0 Å². The molecule has 10 heteroatoms. The molecule has 2 heterocycles. The summed E-state index contributed by atoms with van der Waals surface area (Å²) in [5.41, 5.74) is 6.82. The van der Waals surface area contributed by atoms with Crippen LogP contribution >= 0.6 is 0 Å². The van der Waals surface area contributed by atoms with Crippen LogP contribution in [0.25, 0.3) is 11.1 Å². The fourth-order valence-electron chi connectivity index (χ4n) is 1.67. The first kappa shape index (κ1) is 12.5. The van der Waals surface area contributed by atoms with Gasteiger partial charge in [0.15, 0.2) is 11.4 Å². The quantitative estimate of drug-likeness (QED) is 0.663. The molecular weight excluding hydrogens is 284 g/mol. The van der Waals surface area contributed by atoms with E-state index in [1.54, 1.807) is 25.2 Å². The zero-order valence-electron chi connectivity index (χ0n) is 10.4. The van der Waals surface area contributed by atoms with Crippen molar-refractivity contribution in [2.75, 3.05) is 5.73 Å². The van der Waals surface area contributed by atoms with E-state index in [2.05, 4.69) is 20.4 Å². The molecule has 9 nitrogen and oxygen atoms in total.